The minimum absolute atomic E-state index is 0.178. The summed E-state index contributed by atoms with van der Waals surface area (Å²) in [6.45, 7) is 1.65. The third kappa shape index (κ3) is 7.52. The van der Waals surface area contributed by atoms with E-state index in [1.54, 1.807) is 41.8 Å². The number of rotatable bonds is 12. The second-order valence-corrected chi connectivity index (χ2v) is 14.0. The fourth-order valence-corrected chi connectivity index (χ4v) is 8.02. The zero-order chi connectivity index (χ0) is 32.3. The average Bonchev–Trinajstić information content (AvgIpc) is 3.71. The number of nitrogens with one attached hydrogen (secondary N) is 2. The van der Waals surface area contributed by atoms with Crippen LogP contribution in [-0.2, 0) is 44.8 Å². The Morgan fingerprint density at radius 1 is 0.957 bits per heavy atom. The molecule has 4 aromatic rings. The largest absolute Gasteiger partial charge is 0.479 e. The summed E-state index contributed by atoms with van der Waals surface area (Å²) in [7, 11) is -9.59. The van der Waals surface area contributed by atoms with Crippen molar-refractivity contribution in [2.75, 3.05) is 18.5 Å². The number of benzene rings is 2. The molecule has 6 rings (SSSR count). The molecule has 4 heterocycles. The van der Waals surface area contributed by atoms with E-state index in [2.05, 4.69) is 25.6 Å². The second-order valence-electron chi connectivity index (χ2n) is 10.5. The topological polar surface area (TPSA) is 205 Å². The molecule has 7 atom stereocenters. The predicted molar refractivity (Wildman–Crippen MR) is 162 cm³/mol. The third-order valence-electron chi connectivity index (χ3n) is 7.21. The van der Waals surface area contributed by atoms with E-state index in [4.69, 9.17) is 23.0 Å². The molecular weight excluding hydrogens is 642 g/mol. The molecule has 16 nitrogen and oxygen atoms in total. The molecule has 244 valence electrons. The molecule has 0 bridgehead atoms. The summed E-state index contributed by atoms with van der Waals surface area (Å²) in [5.74, 6) is 0.178. The van der Waals surface area contributed by atoms with E-state index in [9.17, 15) is 23.7 Å². The van der Waals surface area contributed by atoms with Gasteiger partial charge in [0, 0.05) is 13.0 Å². The van der Waals surface area contributed by atoms with Gasteiger partial charge in [-0.1, -0.05) is 60.7 Å². The molecule has 0 saturated carbocycles. The molecular formula is C28H32N6O10P2. The van der Waals surface area contributed by atoms with Crippen LogP contribution in [0.15, 0.2) is 73.3 Å². The minimum Gasteiger partial charge on any atom is -0.347 e. The Kier molecular flexibility index (Phi) is 9.62. The van der Waals surface area contributed by atoms with Gasteiger partial charge in [-0.05, 0) is 18.1 Å². The van der Waals surface area contributed by atoms with Crippen LogP contribution in [0, 0.1) is 0 Å². The van der Waals surface area contributed by atoms with Crippen molar-refractivity contribution in [1.29, 1.82) is 0 Å². The molecule has 2 aliphatic heterocycles. The summed E-state index contributed by atoms with van der Waals surface area (Å²) in [6.07, 6.45) is -1.43. The van der Waals surface area contributed by atoms with Crippen LogP contribution in [0.2, 0.25) is 0 Å². The van der Waals surface area contributed by atoms with Crippen molar-refractivity contribution in [1.82, 2.24) is 24.8 Å². The predicted octanol–water partition coefficient (Wildman–Crippen LogP) is 3.74. The van der Waals surface area contributed by atoms with Gasteiger partial charge in [-0.25, -0.2) is 28.6 Å². The van der Waals surface area contributed by atoms with Crippen LogP contribution in [0.1, 0.15) is 24.3 Å². The molecule has 0 spiro atoms. The van der Waals surface area contributed by atoms with Crippen LogP contribution in [0.4, 0.5) is 10.6 Å². The number of fused-ring (bicyclic) bond motifs is 2. The molecule has 2 aromatic carbocycles. The lowest BCUT2D eigenvalue weighted by Crippen LogP contribution is -2.31. The van der Waals surface area contributed by atoms with Crippen molar-refractivity contribution in [3.63, 3.8) is 0 Å². The number of imidazole rings is 1. The molecule has 2 saturated heterocycles. The number of amides is 2. The Bertz CT molecular complexity index is 1760. The summed E-state index contributed by atoms with van der Waals surface area (Å²) in [6, 6.07) is 17.3. The Labute approximate surface area is 263 Å². The number of carbonyl (C=O) groups is 1. The number of urea groups is 1. The number of ether oxygens (including phenoxy) is 3. The molecule has 2 amide bonds. The number of anilines is 1. The molecule has 2 aromatic heterocycles. The summed E-state index contributed by atoms with van der Waals surface area (Å²) in [5.41, 5.74) is 2.02. The van der Waals surface area contributed by atoms with Crippen molar-refractivity contribution < 1.29 is 46.8 Å². The van der Waals surface area contributed by atoms with Gasteiger partial charge >= 0.3 is 21.4 Å². The quantitative estimate of drug-likeness (QED) is 0.158. The first-order chi connectivity index (χ1) is 22.1. The van der Waals surface area contributed by atoms with Crippen molar-refractivity contribution in [3.05, 3.63) is 84.4 Å². The standard InChI is InChI=1S/C28H32N6O10P2/c1-2-29-28(35)33-25-22-26(31-16-30-25)34(17-32-22)27-24-23(42-21(43-24)13-18-9-5-3-6-10-18)20(41-27)14-40-46(38,39)44-45(36,37)15-19-11-7-4-8-12-19/h3-12,16-17,20-21,23-24,27H,2,13-15H2,1H3,(H,36,37)(H,38,39)(H2,29,30,31,33,35)/t20-,21?,23?,24+,27-/m1/s1. The first-order valence-electron chi connectivity index (χ1n) is 14.4. The highest BCUT2D eigenvalue weighted by Gasteiger charge is 2.54. The van der Waals surface area contributed by atoms with Crippen LogP contribution in [0.3, 0.4) is 0 Å². The van der Waals surface area contributed by atoms with Gasteiger partial charge in [0.15, 0.2) is 29.5 Å². The fraction of sp³-hybridized carbons (Fsp3) is 0.357. The highest BCUT2D eigenvalue weighted by molar-refractivity contribution is 7.63. The summed E-state index contributed by atoms with van der Waals surface area (Å²) >= 11 is 0. The summed E-state index contributed by atoms with van der Waals surface area (Å²) < 4.78 is 55.7. The van der Waals surface area contributed by atoms with Crippen LogP contribution >= 0.6 is 15.4 Å². The van der Waals surface area contributed by atoms with Crippen LogP contribution in [-0.4, -0.2) is 73.1 Å². The lowest BCUT2D eigenvalue weighted by molar-refractivity contribution is -0.149. The van der Waals surface area contributed by atoms with E-state index in [1.165, 1.54) is 12.7 Å². The minimum atomic E-state index is -5.03. The highest BCUT2D eigenvalue weighted by Crippen LogP contribution is 2.61. The van der Waals surface area contributed by atoms with Gasteiger partial charge in [-0.15, -0.1) is 0 Å². The maximum Gasteiger partial charge on any atom is 0.479 e. The van der Waals surface area contributed by atoms with Crippen LogP contribution in [0.25, 0.3) is 11.2 Å². The SMILES string of the molecule is CCNC(=O)Nc1ncnc2c1ncn2[C@@H]1O[C@H](COP(=O)(O)OP(=O)(O)Cc2ccccc2)C2OC(Cc3ccccc3)O[C@@H]21. The Morgan fingerprint density at radius 3 is 2.37 bits per heavy atom. The van der Waals surface area contributed by atoms with Crippen molar-refractivity contribution in [3.8, 4) is 0 Å². The normalized spacial score (nSPS) is 25.1. The molecule has 2 fully saturated rings. The Morgan fingerprint density at radius 2 is 1.65 bits per heavy atom. The fourth-order valence-electron chi connectivity index (χ4n) is 5.30. The lowest BCUT2D eigenvalue weighted by Gasteiger charge is -2.22. The van der Waals surface area contributed by atoms with Gasteiger partial charge in [-0.3, -0.25) is 19.0 Å². The molecule has 4 unspecified atom stereocenters. The number of phosphoric ester groups is 1. The van der Waals surface area contributed by atoms with Gasteiger partial charge in [0.05, 0.1) is 19.1 Å². The number of phosphoric acid groups is 1. The monoisotopic (exact) mass is 674 g/mol. The van der Waals surface area contributed by atoms with Crippen LogP contribution in [0.5, 0.6) is 0 Å². The summed E-state index contributed by atoms with van der Waals surface area (Å²) in [4.78, 5) is 45.7. The number of aromatic nitrogens is 4. The zero-order valence-corrected chi connectivity index (χ0v) is 26.3. The third-order valence-corrected chi connectivity index (χ3v) is 10.3. The highest BCUT2D eigenvalue weighted by atomic mass is 31.3. The van der Waals surface area contributed by atoms with Crippen molar-refractivity contribution in [2.45, 2.75) is 50.3 Å². The lowest BCUT2D eigenvalue weighted by atomic mass is 10.1. The Hall–Kier alpha value is -3.56. The molecule has 2 aliphatic rings. The Balaban J connectivity index is 1.21. The van der Waals surface area contributed by atoms with E-state index in [-0.39, 0.29) is 5.82 Å². The smallest absolute Gasteiger partial charge is 0.347 e. The molecule has 4 N–H and O–H groups in total. The van der Waals surface area contributed by atoms with Crippen molar-refractivity contribution in [2.24, 2.45) is 0 Å². The van der Waals surface area contributed by atoms with Gasteiger partial charge in [0.25, 0.3) is 0 Å². The zero-order valence-electron chi connectivity index (χ0n) is 24.5. The number of nitrogens with zero attached hydrogens (tertiary/aromatic N) is 4. The first kappa shape index (κ1) is 32.4. The molecule has 46 heavy (non-hydrogen) atoms. The van der Waals surface area contributed by atoms with Gasteiger partial charge in [0.2, 0.25) is 0 Å². The van der Waals surface area contributed by atoms with Crippen LogP contribution < -0.4 is 10.6 Å². The number of carbonyl (C=O) groups excluding carboxylic acids is 1. The van der Waals surface area contributed by atoms with E-state index < -0.39 is 65.0 Å². The molecule has 0 radical (unpaired) electrons. The second kappa shape index (κ2) is 13.7. The van der Waals surface area contributed by atoms with Gasteiger partial charge < -0.3 is 29.3 Å². The molecule has 0 aliphatic carbocycles. The maximum absolute atomic E-state index is 12.8. The van der Waals surface area contributed by atoms with Crippen molar-refractivity contribution >= 4 is 38.4 Å². The molecule has 18 heteroatoms. The van der Waals surface area contributed by atoms with E-state index >= 15 is 0 Å². The average molecular weight is 675 g/mol. The van der Waals surface area contributed by atoms with E-state index in [1.807, 2.05) is 30.3 Å². The first-order valence-corrected chi connectivity index (χ1v) is 17.6. The van der Waals surface area contributed by atoms with Gasteiger partial charge in [0.1, 0.15) is 24.6 Å². The van der Waals surface area contributed by atoms with Gasteiger partial charge in [-0.2, -0.15) is 0 Å². The maximum atomic E-state index is 12.8. The number of hydrogen-bond acceptors (Lipinski definition) is 11. The number of hydrogen-bond donors (Lipinski definition) is 4. The van der Waals surface area contributed by atoms with E-state index in [0.717, 1.165) is 5.56 Å². The summed E-state index contributed by atoms with van der Waals surface area (Å²) in [5, 5.41) is 5.27. The van der Waals surface area contributed by atoms with E-state index in [0.29, 0.717) is 29.7 Å².